The van der Waals surface area contributed by atoms with Crippen LogP contribution >= 0.6 is 0 Å². The summed E-state index contributed by atoms with van der Waals surface area (Å²) >= 11 is 0. The van der Waals surface area contributed by atoms with E-state index in [2.05, 4.69) is 27.7 Å². The molecule has 0 aliphatic carbocycles. The second-order valence-electron chi connectivity index (χ2n) is 5.99. The molecule has 0 amide bonds. The fourth-order valence-electron chi connectivity index (χ4n) is 2.90. The van der Waals surface area contributed by atoms with Crippen LogP contribution in [0.1, 0.15) is 98.3 Å². The molecule has 104 valence electrons. The van der Waals surface area contributed by atoms with E-state index in [0.717, 1.165) is 11.8 Å². The van der Waals surface area contributed by atoms with Crippen LogP contribution in [0, 0.1) is 11.8 Å². The maximum absolute atomic E-state index is 2.47. The van der Waals surface area contributed by atoms with E-state index in [9.17, 15) is 0 Å². The van der Waals surface area contributed by atoms with Crippen molar-refractivity contribution in [2.75, 3.05) is 0 Å². The molecule has 0 heterocycles. The molecule has 0 aliphatic rings. The summed E-state index contributed by atoms with van der Waals surface area (Å²) in [4.78, 5) is 0. The molecule has 2 atom stereocenters. The molecule has 0 saturated heterocycles. The summed E-state index contributed by atoms with van der Waals surface area (Å²) in [5.74, 6) is 1.97. The van der Waals surface area contributed by atoms with Crippen LogP contribution in [-0.4, -0.2) is 0 Å². The van der Waals surface area contributed by atoms with E-state index in [0.29, 0.717) is 0 Å². The lowest BCUT2D eigenvalue weighted by Gasteiger charge is -2.20. The molecule has 0 radical (unpaired) electrons. The first kappa shape index (κ1) is 17.0. The molecule has 0 heteroatoms. The van der Waals surface area contributed by atoms with Crippen molar-refractivity contribution in [2.24, 2.45) is 11.8 Å². The average Bonchev–Trinajstić information content (AvgIpc) is 2.30. The quantitative estimate of drug-likeness (QED) is 0.338. The topological polar surface area (TPSA) is 0 Å². The summed E-state index contributed by atoms with van der Waals surface area (Å²) < 4.78 is 0. The highest BCUT2D eigenvalue weighted by Crippen LogP contribution is 2.26. The lowest BCUT2D eigenvalue weighted by atomic mass is 9.86. The zero-order chi connectivity index (χ0) is 12.9. The molecule has 17 heavy (non-hydrogen) atoms. The first-order valence-corrected chi connectivity index (χ1v) is 8.24. The van der Waals surface area contributed by atoms with Gasteiger partial charge in [-0.1, -0.05) is 91.9 Å². The van der Waals surface area contributed by atoms with Gasteiger partial charge in [0.15, 0.2) is 0 Å². The standard InChI is InChI=1S/C17H36/c1-5-8-10-13-16(4)15-17(12-7-3)14-11-9-6-2/h16-17H,5-15H2,1-4H3. The van der Waals surface area contributed by atoms with Gasteiger partial charge in [-0.05, 0) is 18.3 Å². The minimum Gasteiger partial charge on any atom is -0.0654 e. The van der Waals surface area contributed by atoms with Crippen molar-refractivity contribution >= 4 is 0 Å². The van der Waals surface area contributed by atoms with E-state index in [-0.39, 0.29) is 0 Å². The Morgan fingerprint density at radius 1 is 0.647 bits per heavy atom. The SMILES string of the molecule is CCCCCC(C)CC(CCC)CCCCC. The second kappa shape index (κ2) is 12.5. The summed E-state index contributed by atoms with van der Waals surface area (Å²) in [7, 11) is 0. The van der Waals surface area contributed by atoms with Crippen molar-refractivity contribution in [1.29, 1.82) is 0 Å². The third kappa shape index (κ3) is 10.9. The summed E-state index contributed by atoms with van der Waals surface area (Å²) in [6.45, 7) is 9.42. The number of hydrogen-bond acceptors (Lipinski definition) is 0. The van der Waals surface area contributed by atoms with Gasteiger partial charge in [0.1, 0.15) is 0 Å². The van der Waals surface area contributed by atoms with Gasteiger partial charge in [-0.3, -0.25) is 0 Å². The van der Waals surface area contributed by atoms with Crippen molar-refractivity contribution in [1.82, 2.24) is 0 Å². The van der Waals surface area contributed by atoms with Crippen LogP contribution in [0.25, 0.3) is 0 Å². The number of hydrogen-bond donors (Lipinski definition) is 0. The van der Waals surface area contributed by atoms with E-state index in [4.69, 9.17) is 0 Å². The van der Waals surface area contributed by atoms with Crippen LogP contribution in [0.15, 0.2) is 0 Å². The van der Waals surface area contributed by atoms with E-state index in [1.54, 1.807) is 0 Å². The van der Waals surface area contributed by atoms with Gasteiger partial charge in [0.05, 0.1) is 0 Å². The summed E-state index contributed by atoms with van der Waals surface area (Å²) in [6.07, 6.45) is 15.8. The van der Waals surface area contributed by atoms with Crippen molar-refractivity contribution in [3.63, 3.8) is 0 Å². The minimum absolute atomic E-state index is 0.958. The highest BCUT2D eigenvalue weighted by Gasteiger charge is 2.12. The second-order valence-corrected chi connectivity index (χ2v) is 5.99. The molecule has 0 bridgehead atoms. The Balaban J connectivity index is 3.71. The van der Waals surface area contributed by atoms with Gasteiger partial charge >= 0.3 is 0 Å². The van der Waals surface area contributed by atoms with Gasteiger partial charge < -0.3 is 0 Å². The molecule has 0 aliphatic heterocycles. The van der Waals surface area contributed by atoms with Crippen molar-refractivity contribution in [3.8, 4) is 0 Å². The lowest BCUT2D eigenvalue weighted by molar-refractivity contribution is 0.321. The van der Waals surface area contributed by atoms with Crippen molar-refractivity contribution < 1.29 is 0 Å². The average molecular weight is 240 g/mol. The third-order valence-electron chi connectivity index (χ3n) is 3.95. The van der Waals surface area contributed by atoms with E-state index in [1.807, 2.05) is 0 Å². The predicted molar refractivity (Wildman–Crippen MR) is 80.5 cm³/mol. The number of rotatable bonds is 12. The van der Waals surface area contributed by atoms with Gasteiger partial charge in [-0.25, -0.2) is 0 Å². The van der Waals surface area contributed by atoms with Gasteiger partial charge in [-0.15, -0.1) is 0 Å². The van der Waals surface area contributed by atoms with Crippen LogP contribution in [0.2, 0.25) is 0 Å². The van der Waals surface area contributed by atoms with Crippen LogP contribution in [0.4, 0.5) is 0 Å². The Bertz CT molecular complexity index is 139. The Kier molecular flexibility index (Phi) is 12.5. The summed E-state index contributed by atoms with van der Waals surface area (Å²) in [6, 6.07) is 0. The molecule has 0 aromatic rings. The van der Waals surface area contributed by atoms with Gasteiger partial charge in [0, 0.05) is 0 Å². The van der Waals surface area contributed by atoms with Crippen LogP contribution in [0.3, 0.4) is 0 Å². The Morgan fingerprint density at radius 3 is 1.76 bits per heavy atom. The number of unbranched alkanes of at least 4 members (excludes halogenated alkanes) is 4. The molecular weight excluding hydrogens is 204 g/mol. The van der Waals surface area contributed by atoms with Gasteiger partial charge in [0.2, 0.25) is 0 Å². The third-order valence-corrected chi connectivity index (χ3v) is 3.95. The lowest BCUT2D eigenvalue weighted by Crippen LogP contribution is -2.07. The Hall–Kier alpha value is 0. The maximum Gasteiger partial charge on any atom is -0.0412 e. The molecule has 0 nitrogen and oxygen atoms in total. The first-order valence-electron chi connectivity index (χ1n) is 8.24. The summed E-state index contributed by atoms with van der Waals surface area (Å²) in [5.41, 5.74) is 0. The molecule has 0 N–H and O–H groups in total. The molecule has 2 unspecified atom stereocenters. The molecule has 0 saturated carbocycles. The highest BCUT2D eigenvalue weighted by molar-refractivity contribution is 4.64. The van der Waals surface area contributed by atoms with Crippen molar-refractivity contribution in [2.45, 2.75) is 98.3 Å². The van der Waals surface area contributed by atoms with E-state index in [1.165, 1.54) is 70.6 Å². The molecular formula is C17H36. The largest absolute Gasteiger partial charge is 0.0654 e. The molecule has 0 spiro atoms. The monoisotopic (exact) mass is 240 g/mol. The summed E-state index contributed by atoms with van der Waals surface area (Å²) in [5, 5.41) is 0. The molecule has 0 aromatic carbocycles. The zero-order valence-electron chi connectivity index (χ0n) is 12.9. The Morgan fingerprint density at radius 2 is 1.24 bits per heavy atom. The smallest absolute Gasteiger partial charge is 0.0412 e. The van der Waals surface area contributed by atoms with Crippen LogP contribution in [-0.2, 0) is 0 Å². The Labute approximate surface area is 111 Å². The molecule has 0 fully saturated rings. The normalized spacial score (nSPS) is 14.8. The minimum atomic E-state index is 0.958. The first-order chi connectivity index (χ1) is 8.24. The maximum atomic E-state index is 2.47. The molecule has 0 rings (SSSR count). The van der Waals surface area contributed by atoms with E-state index >= 15 is 0 Å². The highest BCUT2D eigenvalue weighted by atomic mass is 14.2. The fourth-order valence-corrected chi connectivity index (χ4v) is 2.90. The van der Waals surface area contributed by atoms with Crippen molar-refractivity contribution in [3.05, 3.63) is 0 Å². The van der Waals surface area contributed by atoms with Gasteiger partial charge in [-0.2, -0.15) is 0 Å². The van der Waals surface area contributed by atoms with Crippen LogP contribution in [0.5, 0.6) is 0 Å². The molecule has 0 aromatic heterocycles. The van der Waals surface area contributed by atoms with E-state index < -0.39 is 0 Å². The van der Waals surface area contributed by atoms with Gasteiger partial charge in [0.25, 0.3) is 0 Å². The predicted octanol–water partition coefficient (Wildman–Crippen LogP) is 6.59. The fraction of sp³-hybridized carbons (Fsp3) is 1.00. The van der Waals surface area contributed by atoms with Crippen LogP contribution < -0.4 is 0 Å². The zero-order valence-corrected chi connectivity index (χ0v) is 12.9.